The zero-order valence-electron chi connectivity index (χ0n) is 11.9. The van der Waals surface area contributed by atoms with Gasteiger partial charge in [-0.1, -0.05) is 13.3 Å². The maximum atomic E-state index is 11.4. The lowest BCUT2D eigenvalue weighted by Gasteiger charge is -2.38. The number of rotatable bonds is 4. The van der Waals surface area contributed by atoms with Gasteiger partial charge in [-0.05, 0) is 43.9 Å². The second kappa shape index (κ2) is 6.01. The van der Waals surface area contributed by atoms with E-state index < -0.39 is 10.0 Å². The molecule has 6 heteroatoms. The Morgan fingerprint density at radius 2 is 2.10 bits per heavy atom. The average molecular weight is 297 g/mol. The van der Waals surface area contributed by atoms with E-state index >= 15 is 0 Å². The van der Waals surface area contributed by atoms with Gasteiger partial charge in [0.15, 0.2) is 0 Å². The van der Waals surface area contributed by atoms with Gasteiger partial charge in [0.1, 0.15) is 4.90 Å². The Balaban J connectivity index is 2.30. The van der Waals surface area contributed by atoms with Crippen LogP contribution in [0.4, 0.5) is 11.4 Å². The van der Waals surface area contributed by atoms with Gasteiger partial charge in [0, 0.05) is 18.3 Å². The number of sulfonamides is 1. The van der Waals surface area contributed by atoms with Crippen LogP contribution in [0.15, 0.2) is 23.1 Å². The second-order valence-electron chi connectivity index (χ2n) is 5.40. The van der Waals surface area contributed by atoms with Crippen molar-refractivity contribution in [3.05, 3.63) is 18.2 Å². The average Bonchev–Trinajstić information content (AvgIpc) is 2.38. The molecule has 20 heavy (non-hydrogen) atoms. The van der Waals surface area contributed by atoms with Crippen molar-refractivity contribution in [2.45, 2.75) is 50.0 Å². The Kier molecular flexibility index (Phi) is 4.55. The quantitative estimate of drug-likeness (QED) is 0.833. The molecular formula is C14H23N3O2S. The Hall–Kier alpha value is -1.27. The first-order valence-electron chi connectivity index (χ1n) is 7.12. The summed E-state index contributed by atoms with van der Waals surface area (Å²) in [7, 11) is -3.75. The molecule has 0 aliphatic carbocycles. The van der Waals surface area contributed by atoms with Gasteiger partial charge in [0.2, 0.25) is 10.0 Å². The van der Waals surface area contributed by atoms with Crippen molar-refractivity contribution >= 4 is 21.4 Å². The summed E-state index contributed by atoms with van der Waals surface area (Å²) in [5, 5.41) is 5.14. The van der Waals surface area contributed by atoms with Crippen LogP contribution in [0.3, 0.4) is 0 Å². The van der Waals surface area contributed by atoms with Crippen LogP contribution in [0, 0.1) is 0 Å². The van der Waals surface area contributed by atoms with Gasteiger partial charge in [-0.3, -0.25) is 0 Å². The molecule has 0 spiro atoms. The highest BCUT2D eigenvalue weighted by molar-refractivity contribution is 7.89. The fourth-order valence-electron chi connectivity index (χ4n) is 2.95. The summed E-state index contributed by atoms with van der Waals surface area (Å²) in [6.07, 6.45) is 5.90. The molecule has 0 radical (unpaired) electrons. The molecule has 4 N–H and O–H groups in total. The summed E-state index contributed by atoms with van der Waals surface area (Å²) in [6, 6.07) is 5.57. The van der Waals surface area contributed by atoms with Gasteiger partial charge in [-0.15, -0.1) is 0 Å². The minimum absolute atomic E-state index is 0.00491. The summed E-state index contributed by atoms with van der Waals surface area (Å²) in [6.45, 7) is 3.18. The molecule has 0 saturated carbocycles. The zero-order chi connectivity index (χ0) is 14.8. The first-order chi connectivity index (χ1) is 9.43. The maximum Gasteiger partial charge on any atom is 0.240 e. The van der Waals surface area contributed by atoms with Crippen LogP contribution in [-0.2, 0) is 10.0 Å². The number of hydrogen-bond donors (Lipinski definition) is 2. The SMILES string of the molecule is CCCC1CCCCN1c1ccc(S(N)(=O)=O)c(N)c1. The number of nitrogen functional groups attached to an aromatic ring is 1. The molecule has 5 nitrogen and oxygen atoms in total. The van der Waals surface area contributed by atoms with Crippen molar-refractivity contribution in [2.24, 2.45) is 5.14 Å². The summed E-state index contributed by atoms with van der Waals surface area (Å²) < 4.78 is 22.8. The number of hydrogen-bond acceptors (Lipinski definition) is 4. The smallest absolute Gasteiger partial charge is 0.240 e. The lowest BCUT2D eigenvalue weighted by Crippen LogP contribution is -2.39. The Bertz CT molecular complexity index is 570. The molecule has 0 aromatic heterocycles. The van der Waals surface area contributed by atoms with Crippen molar-refractivity contribution in [2.75, 3.05) is 17.2 Å². The molecule has 1 aromatic rings. The highest BCUT2D eigenvalue weighted by atomic mass is 32.2. The minimum atomic E-state index is -3.75. The van der Waals surface area contributed by atoms with E-state index in [2.05, 4.69) is 11.8 Å². The summed E-state index contributed by atoms with van der Waals surface area (Å²) in [5.74, 6) is 0. The molecular weight excluding hydrogens is 274 g/mol. The van der Waals surface area contributed by atoms with E-state index in [-0.39, 0.29) is 10.6 Å². The third-order valence-electron chi connectivity index (χ3n) is 3.88. The summed E-state index contributed by atoms with van der Waals surface area (Å²) >= 11 is 0. The number of primary sulfonamides is 1. The predicted octanol–water partition coefficient (Wildman–Crippen LogP) is 2.08. The molecule has 2 rings (SSSR count). The van der Waals surface area contributed by atoms with Crippen LogP contribution in [0.2, 0.25) is 0 Å². The van der Waals surface area contributed by atoms with E-state index in [4.69, 9.17) is 10.9 Å². The first kappa shape index (κ1) is 15.1. The molecule has 112 valence electrons. The molecule has 1 aliphatic heterocycles. The molecule has 1 unspecified atom stereocenters. The van der Waals surface area contributed by atoms with Gasteiger partial charge in [0.05, 0.1) is 5.69 Å². The normalized spacial score (nSPS) is 20.1. The van der Waals surface area contributed by atoms with Crippen molar-refractivity contribution < 1.29 is 8.42 Å². The van der Waals surface area contributed by atoms with Crippen LogP contribution >= 0.6 is 0 Å². The van der Waals surface area contributed by atoms with Crippen molar-refractivity contribution in [3.63, 3.8) is 0 Å². The van der Waals surface area contributed by atoms with Crippen LogP contribution in [0.25, 0.3) is 0 Å². The van der Waals surface area contributed by atoms with Crippen LogP contribution < -0.4 is 15.8 Å². The molecule has 1 atom stereocenters. The van der Waals surface area contributed by atoms with Gasteiger partial charge in [-0.25, -0.2) is 13.6 Å². The highest BCUT2D eigenvalue weighted by Gasteiger charge is 2.23. The predicted molar refractivity (Wildman–Crippen MR) is 82.1 cm³/mol. The lowest BCUT2D eigenvalue weighted by molar-refractivity contribution is 0.435. The Morgan fingerprint density at radius 1 is 1.35 bits per heavy atom. The lowest BCUT2D eigenvalue weighted by atomic mass is 9.97. The first-order valence-corrected chi connectivity index (χ1v) is 8.67. The van der Waals surface area contributed by atoms with Crippen molar-refractivity contribution in [3.8, 4) is 0 Å². The van der Waals surface area contributed by atoms with Crippen molar-refractivity contribution in [1.82, 2.24) is 0 Å². The Morgan fingerprint density at radius 3 is 2.70 bits per heavy atom. The fourth-order valence-corrected chi connectivity index (χ4v) is 3.59. The second-order valence-corrected chi connectivity index (χ2v) is 6.93. The molecule has 1 heterocycles. The molecule has 1 aromatic carbocycles. The largest absolute Gasteiger partial charge is 0.398 e. The van der Waals surface area contributed by atoms with Gasteiger partial charge >= 0.3 is 0 Å². The number of nitrogens with zero attached hydrogens (tertiary/aromatic N) is 1. The molecule has 1 aliphatic rings. The van der Waals surface area contributed by atoms with E-state index in [1.807, 2.05) is 6.07 Å². The monoisotopic (exact) mass is 297 g/mol. The van der Waals surface area contributed by atoms with Gasteiger partial charge < -0.3 is 10.6 Å². The van der Waals surface area contributed by atoms with Crippen LogP contribution in [0.5, 0.6) is 0 Å². The standard InChI is InChI=1S/C14H23N3O2S/c1-2-5-11-6-3-4-9-17(11)12-7-8-14(13(15)10-12)20(16,18)19/h7-8,10-11H,2-6,9,15H2,1H3,(H2,16,18,19). The van der Waals surface area contributed by atoms with E-state index in [1.165, 1.54) is 18.9 Å². The fraction of sp³-hybridized carbons (Fsp3) is 0.571. The van der Waals surface area contributed by atoms with E-state index in [9.17, 15) is 8.42 Å². The summed E-state index contributed by atoms with van der Waals surface area (Å²) in [4.78, 5) is 2.35. The third-order valence-corrected chi connectivity index (χ3v) is 4.87. The molecule has 1 fully saturated rings. The Labute approximate surface area is 121 Å². The van der Waals surface area contributed by atoms with Gasteiger partial charge in [0.25, 0.3) is 0 Å². The third kappa shape index (κ3) is 3.24. The van der Waals surface area contributed by atoms with E-state index in [0.29, 0.717) is 6.04 Å². The maximum absolute atomic E-state index is 11.4. The topological polar surface area (TPSA) is 89.4 Å². The number of nitrogens with two attached hydrogens (primary N) is 2. The molecule has 0 amide bonds. The van der Waals surface area contributed by atoms with Crippen LogP contribution in [0.1, 0.15) is 39.0 Å². The van der Waals surface area contributed by atoms with Crippen LogP contribution in [-0.4, -0.2) is 21.0 Å². The number of benzene rings is 1. The van der Waals surface area contributed by atoms with Gasteiger partial charge in [-0.2, -0.15) is 0 Å². The van der Waals surface area contributed by atoms with Crippen molar-refractivity contribution in [1.29, 1.82) is 0 Å². The molecule has 1 saturated heterocycles. The van der Waals surface area contributed by atoms with E-state index in [0.717, 1.165) is 31.5 Å². The molecule has 0 bridgehead atoms. The minimum Gasteiger partial charge on any atom is -0.398 e. The highest BCUT2D eigenvalue weighted by Crippen LogP contribution is 2.30. The zero-order valence-corrected chi connectivity index (χ0v) is 12.7. The number of piperidine rings is 1. The number of anilines is 2. The summed E-state index contributed by atoms with van der Waals surface area (Å²) in [5.41, 5.74) is 7.07. The van der Waals surface area contributed by atoms with E-state index in [1.54, 1.807) is 6.07 Å².